The van der Waals surface area contributed by atoms with E-state index in [2.05, 4.69) is 96.5 Å². The topological polar surface area (TPSA) is 92.5 Å². The second kappa shape index (κ2) is 9.83. The van der Waals surface area contributed by atoms with Gasteiger partial charge >= 0.3 is 0 Å². The monoisotopic (exact) mass is 628 g/mol. The largest absolute Gasteiger partial charge is 0.455 e. The van der Waals surface area contributed by atoms with Crippen molar-refractivity contribution in [3.63, 3.8) is 0 Å². The van der Waals surface area contributed by atoms with Gasteiger partial charge in [-0.3, -0.25) is 4.98 Å². The van der Waals surface area contributed by atoms with Crippen LogP contribution in [0.4, 0.5) is 5.69 Å². The Morgan fingerprint density at radius 1 is 1.06 bits per heavy atom. The van der Waals surface area contributed by atoms with E-state index in [0.717, 1.165) is 67.8 Å². The molecular formula is C25H22BrIN6O. The summed E-state index contributed by atoms with van der Waals surface area (Å²) in [5.41, 5.74) is 7.11. The van der Waals surface area contributed by atoms with E-state index in [1.54, 1.807) is 0 Å². The van der Waals surface area contributed by atoms with Crippen LogP contribution in [0.1, 0.15) is 30.8 Å². The van der Waals surface area contributed by atoms with Gasteiger partial charge in [-0.25, -0.2) is 0 Å². The Hall–Kier alpha value is -2.79. The molecule has 0 saturated carbocycles. The molecule has 5 aromatic rings. The van der Waals surface area contributed by atoms with E-state index >= 15 is 0 Å². The number of nitrogens with zero attached hydrogens (tertiary/aromatic N) is 4. The highest BCUT2D eigenvalue weighted by molar-refractivity contribution is 14.1. The zero-order valence-electron chi connectivity index (χ0n) is 18.7. The first-order chi connectivity index (χ1) is 16.6. The fraction of sp³-hybridized carbons (Fsp3) is 0.200. The Morgan fingerprint density at radius 2 is 1.88 bits per heavy atom. The number of aromatic nitrogens is 5. The van der Waals surface area contributed by atoms with Crippen LogP contribution in [0.25, 0.3) is 33.7 Å². The number of aryl methyl sites for hydroxylation is 2. The summed E-state index contributed by atoms with van der Waals surface area (Å²) in [5, 5.41) is 19.1. The molecule has 0 amide bonds. The van der Waals surface area contributed by atoms with Crippen molar-refractivity contribution in [3.05, 3.63) is 73.5 Å². The number of halogens is 2. The van der Waals surface area contributed by atoms with Crippen LogP contribution < -0.4 is 5.32 Å². The summed E-state index contributed by atoms with van der Waals surface area (Å²) < 4.78 is 8.34. The molecule has 0 atom stereocenters. The molecule has 5 rings (SSSR count). The number of furan rings is 1. The first kappa shape index (κ1) is 23.0. The third-order valence-electron chi connectivity index (χ3n) is 5.71. The van der Waals surface area contributed by atoms with Crippen LogP contribution in [0, 0.1) is 3.57 Å². The van der Waals surface area contributed by atoms with Crippen LogP contribution in [0.2, 0.25) is 0 Å². The van der Waals surface area contributed by atoms with Crippen LogP contribution >= 0.6 is 38.5 Å². The van der Waals surface area contributed by atoms with E-state index in [1.165, 1.54) is 3.57 Å². The average Bonchev–Trinajstić information content (AvgIpc) is 3.52. The van der Waals surface area contributed by atoms with Crippen LogP contribution in [0.3, 0.4) is 0 Å². The smallest absolute Gasteiger partial charge is 0.205 e. The van der Waals surface area contributed by atoms with Gasteiger partial charge in [0.25, 0.3) is 0 Å². The molecule has 2 aromatic carbocycles. The summed E-state index contributed by atoms with van der Waals surface area (Å²) in [6.45, 7) is 4.98. The minimum absolute atomic E-state index is 0.526. The number of hydrogen-bond acceptors (Lipinski definition) is 6. The van der Waals surface area contributed by atoms with Crippen molar-refractivity contribution in [2.24, 2.45) is 0 Å². The van der Waals surface area contributed by atoms with Crippen molar-refractivity contribution < 1.29 is 4.42 Å². The minimum Gasteiger partial charge on any atom is -0.455 e. The van der Waals surface area contributed by atoms with Gasteiger partial charge in [0.05, 0.1) is 19.4 Å². The van der Waals surface area contributed by atoms with E-state index in [4.69, 9.17) is 9.40 Å². The van der Waals surface area contributed by atoms with Gasteiger partial charge in [-0.1, -0.05) is 44.2 Å². The maximum absolute atomic E-state index is 6.26. The maximum atomic E-state index is 6.26. The van der Waals surface area contributed by atoms with Gasteiger partial charge in [0, 0.05) is 28.8 Å². The first-order valence-electron chi connectivity index (χ1n) is 11.0. The predicted molar refractivity (Wildman–Crippen MR) is 146 cm³/mol. The molecular weight excluding hydrogens is 607 g/mol. The number of anilines is 1. The van der Waals surface area contributed by atoms with Crippen molar-refractivity contribution in [2.45, 2.75) is 33.2 Å². The van der Waals surface area contributed by atoms with Gasteiger partial charge in [-0.2, -0.15) is 5.21 Å². The molecule has 3 aromatic heterocycles. The van der Waals surface area contributed by atoms with Gasteiger partial charge in [0.1, 0.15) is 11.3 Å². The van der Waals surface area contributed by atoms with E-state index < -0.39 is 0 Å². The van der Waals surface area contributed by atoms with Crippen molar-refractivity contribution in [3.8, 4) is 22.7 Å². The highest BCUT2D eigenvalue weighted by atomic mass is 127. The SMILES string of the molecule is CCc1cc(NCc2ccc3oc(-c4ccccc4-c4nn[nH]n4)c(Br)c3c2)c(I)c(CC)n1. The summed E-state index contributed by atoms with van der Waals surface area (Å²) in [4.78, 5) is 4.75. The molecule has 0 spiro atoms. The van der Waals surface area contributed by atoms with Crippen molar-refractivity contribution in [2.75, 3.05) is 5.32 Å². The third-order valence-corrected chi connectivity index (χ3v) is 7.70. The Kier molecular flexibility index (Phi) is 6.64. The lowest BCUT2D eigenvalue weighted by atomic mass is 10.0. The van der Waals surface area contributed by atoms with Crippen LogP contribution in [0.15, 0.2) is 57.4 Å². The van der Waals surface area contributed by atoms with Gasteiger partial charge < -0.3 is 9.73 Å². The Morgan fingerprint density at radius 3 is 2.62 bits per heavy atom. The Balaban J connectivity index is 1.47. The van der Waals surface area contributed by atoms with Gasteiger partial charge in [-0.15, -0.1) is 10.2 Å². The van der Waals surface area contributed by atoms with E-state index in [9.17, 15) is 0 Å². The summed E-state index contributed by atoms with van der Waals surface area (Å²) in [5.74, 6) is 1.27. The molecule has 0 aliphatic carbocycles. The molecule has 0 radical (unpaired) electrons. The summed E-state index contributed by atoms with van der Waals surface area (Å²) in [6.07, 6.45) is 1.84. The van der Waals surface area contributed by atoms with Crippen LogP contribution in [-0.2, 0) is 19.4 Å². The van der Waals surface area contributed by atoms with Crippen LogP contribution in [0.5, 0.6) is 0 Å². The van der Waals surface area contributed by atoms with Gasteiger partial charge in [0.2, 0.25) is 5.82 Å². The normalized spacial score (nSPS) is 11.3. The van der Waals surface area contributed by atoms with Gasteiger partial charge in [-0.05, 0) is 80.3 Å². The fourth-order valence-electron chi connectivity index (χ4n) is 3.93. The Bertz CT molecular complexity index is 1460. The molecule has 2 N–H and O–H groups in total. The summed E-state index contributed by atoms with van der Waals surface area (Å²) in [6, 6.07) is 16.3. The predicted octanol–water partition coefficient (Wildman–Crippen LogP) is 6.78. The quantitative estimate of drug-likeness (QED) is 0.193. The van der Waals surface area contributed by atoms with Crippen molar-refractivity contribution in [1.82, 2.24) is 25.6 Å². The third kappa shape index (κ3) is 4.34. The molecule has 0 unspecified atom stereocenters. The fourth-order valence-corrected chi connectivity index (χ4v) is 5.38. The number of fused-ring (bicyclic) bond motifs is 1. The lowest BCUT2D eigenvalue weighted by molar-refractivity contribution is 0.630. The zero-order chi connectivity index (χ0) is 23.7. The van der Waals surface area contributed by atoms with Crippen LogP contribution in [-0.4, -0.2) is 25.6 Å². The highest BCUT2D eigenvalue weighted by Crippen LogP contribution is 2.41. The zero-order valence-corrected chi connectivity index (χ0v) is 22.4. The molecule has 0 fully saturated rings. The molecule has 7 nitrogen and oxygen atoms in total. The number of benzene rings is 2. The number of rotatable bonds is 7. The second-order valence-corrected chi connectivity index (χ2v) is 9.71. The summed E-state index contributed by atoms with van der Waals surface area (Å²) in [7, 11) is 0. The molecule has 0 saturated heterocycles. The maximum Gasteiger partial charge on any atom is 0.205 e. The first-order valence-corrected chi connectivity index (χ1v) is 12.9. The van der Waals surface area contributed by atoms with Gasteiger partial charge in [0.15, 0.2) is 0 Å². The lowest BCUT2D eigenvalue weighted by Crippen LogP contribution is -2.06. The Labute approximate surface area is 219 Å². The highest BCUT2D eigenvalue weighted by Gasteiger charge is 2.19. The van der Waals surface area contributed by atoms with Crippen molar-refractivity contribution >= 4 is 55.2 Å². The molecule has 3 heterocycles. The molecule has 0 aliphatic rings. The average molecular weight is 629 g/mol. The second-order valence-electron chi connectivity index (χ2n) is 7.84. The molecule has 172 valence electrons. The number of tetrazole rings is 1. The molecule has 0 bridgehead atoms. The standard InChI is InChI=1S/C25H22BrIN6O/c1-3-15-12-20(23(27)19(4-2)29-15)28-13-14-9-10-21-18(11-14)22(26)24(34-21)16-7-5-6-8-17(16)25-30-32-33-31-25/h5-12H,3-4,13H2,1-2H3,(H,28,29)(H,30,31,32,33). The van der Waals surface area contributed by atoms with Crippen molar-refractivity contribution in [1.29, 1.82) is 0 Å². The van der Waals surface area contributed by atoms with E-state index in [1.807, 2.05) is 30.3 Å². The molecule has 34 heavy (non-hydrogen) atoms. The number of hydrogen-bond donors (Lipinski definition) is 2. The molecule has 9 heteroatoms. The lowest BCUT2D eigenvalue weighted by Gasteiger charge is -2.13. The number of H-pyrrole nitrogens is 1. The summed E-state index contributed by atoms with van der Waals surface area (Å²) >= 11 is 6.17. The van der Waals surface area contributed by atoms with E-state index in [0.29, 0.717) is 12.4 Å². The minimum atomic E-state index is 0.526. The molecule has 0 aliphatic heterocycles. The van der Waals surface area contributed by atoms with E-state index in [-0.39, 0.29) is 0 Å². The number of pyridine rings is 1. The number of nitrogens with one attached hydrogen (secondary N) is 2. The number of aromatic amines is 1.